The molecule has 0 aliphatic heterocycles. The van der Waals surface area contributed by atoms with Gasteiger partial charge >= 0.3 is 13.0 Å². The number of amides is 2. The van der Waals surface area contributed by atoms with Gasteiger partial charge in [-0.15, -0.1) is 0 Å². The number of fused-ring (bicyclic) bond motifs is 1. The summed E-state index contributed by atoms with van der Waals surface area (Å²) >= 11 is 0. The molecule has 0 aliphatic rings. The molecule has 52 heavy (non-hydrogen) atoms. The topological polar surface area (TPSA) is 176 Å². The summed E-state index contributed by atoms with van der Waals surface area (Å²) < 4.78 is 11.5. The lowest BCUT2D eigenvalue weighted by Crippen LogP contribution is -2.30. The number of hydrazone groups is 2. The molecule has 0 saturated heterocycles. The van der Waals surface area contributed by atoms with Gasteiger partial charge in [0.25, 0.3) is 5.91 Å². The number of hydrogen-bond acceptors (Lipinski definition) is 10. The summed E-state index contributed by atoms with van der Waals surface area (Å²) in [6.45, 7) is 0.306. The van der Waals surface area contributed by atoms with E-state index in [1.807, 2.05) is 60.7 Å². The fourth-order valence-corrected chi connectivity index (χ4v) is 4.83. The average molecular weight is 689 g/mol. The molecule has 0 atom stereocenters. The summed E-state index contributed by atoms with van der Waals surface area (Å²) in [5, 5.41) is 27.8. The molecule has 6 rings (SSSR count). The summed E-state index contributed by atoms with van der Waals surface area (Å²) in [5.41, 5.74) is 7.84. The molecular weight excluding hydrogens is 661 g/mol. The molecule has 0 radical (unpaired) electrons. The first-order valence-electron chi connectivity index (χ1n) is 15.8. The Morgan fingerprint density at radius 1 is 0.788 bits per heavy atom. The van der Waals surface area contributed by atoms with Crippen LogP contribution in [0.1, 0.15) is 48.7 Å². The van der Waals surface area contributed by atoms with Crippen LogP contribution < -0.4 is 26.5 Å². The molecule has 254 valence electrons. The van der Waals surface area contributed by atoms with Crippen LogP contribution in [0.2, 0.25) is 0 Å². The first kappa shape index (κ1) is 34.7. The molecule has 0 aliphatic carbocycles. The average Bonchev–Trinajstić information content (AvgIpc) is 3.17. The smallest absolute Gasteiger partial charge is 0.488 e. The number of nitrogens with zero attached hydrogens (tertiary/aromatic N) is 3. The molecule has 2 aromatic heterocycles. The quantitative estimate of drug-likeness (QED) is 0.0733. The Labute approximate surface area is 297 Å². The second-order valence-electron chi connectivity index (χ2n) is 11.2. The SMILES string of the molecule is O=C(N/N=C/c1cc(/C=N/NC(=O)c2cc(=O)c3ccc(OCc4ccccc4)cc3o2)cc(B(O)O)c1)c1cncc(C#Cc2ccccc2)c1. The van der Waals surface area contributed by atoms with Crippen LogP contribution in [0.3, 0.4) is 0 Å². The van der Waals surface area contributed by atoms with E-state index in [9.17, 15) is 24.4 Å². The predicted octanol–water partition coefficient (Wildman–Crippen LogP) is 3.37. The van der Waals surface area contributed by atoms with Gasteiger partial charge in [-0.05, 0) is 58.6 Å². The Bertz CT molecular complexity index is 2420. The zero-order valence-corrected chi connectivity index (χ0v) is 27.3. The lowest BCUT2D eigenvalue weighted by molar-refractivity contribution is 0.0926. The van der Waals surface area contributed by atoms with E-state index in [1.165, 1.54) is 36.8 Å². The van der Waals surface area contributed by atoms with Crippen LogP contribution in [0.4, 0.5) is 0 Å². The van der Waals surface area contributed by atoms with E-state index >= 15 is 0 Å². The number of rotatable bonds is 10. The van der Waals surface area contributed by atoms with Gasteiger partial charge in [0.15, 0.2) is 11.2 Å². The minimum absolute atomic E-state index is 0.0998. The largest absolute Gasteiger partial charge is 0.489 e. The molecule has 0 saturated carbocycles. The van der Waals surface area contributed by atoms with E-state index in [4.69, 9.17) is 9.15 Å². The third-order valence-electron chi connectivity index (χ3n) is 7.36. The molecule has 0 bridgehead atoms. The molecule has 4 N–H and O–H groups in total. The monoisotopic (exact) mass is 689 g/mol. The van der Waals surface area contributed by atoms with Crippen LogP contribution in [0, 0.1) is 11.8 Å². The summed E-state index contributed by atoms with van der Waals surface area (Å²) in [5.74, 6) is 4.83. The van der Waals surface area contributed by atoms with Crippen molar-refractivity contribution in [2.24, 2.45) is 10.2 Å². The maximum Gasteiger partial charge on any atom is 0.488 e. The number of carbonyl (C=O) groups excluding carboxylic acids is 2. The summed E-state index contributed by atoms with van der Waals surface area (Å²) in [4.78, 5) is 42.4. The Balaban J connectivity index is 1.11. The van der Waals surface area contributed by atoms with Gasteiger partial charge in [0.05, 0.1) is 23.4 Å². The molecular formula is C39H28BN5O7. The van der Waals surface area contributed by atoms with E-state index < -0.39 is 24.4 Å². The van der Waals surface area contributed by atoms with Crippen molar-refractivity contribution < 1.29 is 28.8 Å². The number of ether oxygens (including phenoxy) is 1. The highest BCUT2D eigenvalue weighted by Crippen LogP contribution is 2.21. The van der Waals surface area contributed by atoms with Gasteiger partial charge < -0.3 is 19.2 Å². The van der Waals surface area contributed by atoms with E-state index in [2.05, 4.69) is 37.9 Å². The van der Waals surface area contributed by atoms with Gasteiger partial charge in [-0.3, -0.25) is 19.4 Å². The third kappa shape index (κ3) is 9.30. The van der Waals surface area contributed by atoms with Crippen molar-refractivity contribution in [3.05, 3.63) is 171 Å². The third-order valence-corrected chi connectivity index (χ3v) is 7.36. The molecule has 12 nitrogen and oxygen atoms in total. The Hall–Kier alpha value is -7.14. The van der Waals surface area contributed by atoms with Gasteiger partial charge in [0, 0.05) is 35.7 Å². The molecule has 6 aromatic rings. The second kappa shape index (κ2) is 16.5. The van der Waals surface area contributed by atoms with E-state index in [0.717, 1.165) is 17.2 Å². The van der Waals surface area contributed by atoms with Crippen LogP contribution in [0.25, 0.3) is 11.0 Å². The summed E-state index contributed by atoms with van der Waals surface area (Å²) in [6, 6.07) is 30.8. The van der Waals surface area contributed by atoms with Gasteiger partial charge in [-0.25, -0.2) is 10.9 Å². The Kier molecular flexibility index (Phi) is 11.0. The standard InChI is InChI=1S/C39H28BN5O7/c46-35-20-37(52-36-19-33(13-14-34(35)36)51-25-27-9-5-2-6-10-27)39(48)45-43-23-30-15-29(17-32(18-30)40(49)50)22-42-44-38(47)31-16-28(21-41-24-31)12-11-26-7-3-1-4-8-26/h1-10,13-24,49-50H,25H2,(H,44,47)(H,45,48)/b42-22+,43-23+. The number of pyridine rings is 1. The van der Waals surface area contributed by atoms with Crippen molar-refractivity contribution in [3.63, 3.8) is 0 Å². The van der Waals surface area contributed by atoms with Crippen LogP contribution >= 0.6 is 0 Å². The molecule has 13 heteroatoms. The van der Waals surface area contributed by atoms with Crippen LogP contribution in [-0.4, -0.2) is 46.4 Å². The molecule has 0 fully saturated rings. The highest BCUT2D eigenvalue weighted by Gasteiger charge is 2.15. The number of benzene rings is 4. The zero-order valence-electron chi connectivity index (χ0n) is 27.3. The number of aromatic nitrogens is 1. The number of nitrogens with one attached hydrogen (secondary N) is 2. The maximum absolute atomic E-state index is 12.9. The zero-order chi connectivity index (χ0) is 36.3. The highest BCUT2D eigenvalue weighted by molar-refractivity contribution is 6.58. The first-order chi connectivity index (χ1) is 25.3. The van der Waals surface area contributed by atoms with Crippen molar-refractivity contribution in [1.82, 2.24) is 15.8 Å². The van der Waals surface area contributed by atoms with Gasteiger partial charge in [0.1, 0.15) is 17.9 Å². The normalized spacial score (nSPS) is 10.9. The van der Waals surface area contributed by atoms with Crippen molar-refractivity contribution in [2.45, 2.75) is 6.61 Å². The highest BCUT2D eigenvalue weighted by atomic mass is 16.5. The molecule has 0 unspecified atom stereocenters. The van der Waals surface area contributed by atoms with Crippen LogP contribution in [0.15, 0.2) is 141 Å². The lowest BCUT2D eigenvalue weighted by atomic mass is 9.79. The first-order valence-corrected chi connectivity index (χ1v) is 15.8. The van der Waals surface area contributed by atoms with Crippen molar-refractivity contribution >= 4 is 47.8 Å². The molecule has 2 heterocycles. The second-order valence-corrected chi connectivity index (χ2v) is 11.2. The predicted molar refractivity (Wildman–Crippen MR) is 196 cm³/mol. The fourth-order valence-electron chi connectivity index (χ4n) is 4.83. The van der Waals surface area contributed by atoms with E-state index in [1.54, 1.807) is 30.5 Å². The molecule has 2 amide bonds. The number of carbonyl (C=O) groups is 2. The van der Waals surface area contributed by atoms with Crippen molar-refractivity contribution in [1.29, 1.82) is 0 Å². The number of hydrogen-bond donors (Lipinski definition) is 4. The van der Waals surface area contributed by atoms with Gasteiger partial charge in [-0.2, -0.15) is 10.2 Å². The maximum atomic E-state index is 12.9. The van der Waals surface area contributed by atoms with Gasteiger partial charge in [0.2, 0.25) is 0 Å². The minimum atomic E-state index is -1.83. The minimum Gasteiger partial charge on any atom is -0.489 e. The Morgan fingerprint density at radius 3 is 2.17 bits per heavy atom. The van der Waals surface area contributed by atoms with Crippen molar-refractivity contribution in [3.8, 4) is 17.6 Å². The van der Waals surface area contributed by atoms with Gasteiger partial charge in [-0.1, -0.05) is 72.5 Å². The lowest BCUT2D eigenvalue weighted by Gasteiger charge is -2.08. The van der Waals surface area contributed by atoms with E-state index in [-0.39, 0.29) is 27.8 Å². The molecule has 0 spiro atoms. The van der Waals surface area contributed by atoms with Crippen molar-refractivity contribution in [2.75, 3.05) is 0 Å². The van der Waals surface area contributed by atoms with Crippen LogP contribution in [0.5, 0.6) is 5.75 Å². The van der Waals surface area contributed by atoms with Crippen LogP contribution in [-0.2, 0) is 6.61 Å². The molecule has 4 aromatic carbocycles. The summed E-state index contributed by atoms with van der Waals surface area (Å²) in [7, 11) is -1.83. The van der Waals surface area contributed by atoms with E-state index in [0.29, 0.717) is 29.0 Å². The summed E-state index contributed by atoms with van der Waals surface area (Å²) in [6.07, 6.45) is 5.48. The fraction of sp³-hybridized carbons (Fsp3) is 0.0256. The Morgan fingerprint density at radius 2 is 1.46 bits per heavy atom.